The predicted octanol–water partition coefficient (Wildman–Crippen LogP) is -0.0776. The number of anilines is 1. The molecule has 0 bridgehead atoms. The van der Waals surface area contributed by atoms with Crippen molar-refractivity contribution >= 4 is 38.2 Å². The van der Waals surface area contributed by atoms with Gasteiger partial charge in [0.15, 0.2) is 0 Å². The molecule has 1 amide bonds. The molecule has 3 aromatic rings. The Balaban J connectivity index is 0.00000300. The van der Waals surface area contributed by atoms with Gasteiger partial charge in [0.2, 0.25) is 0 Å². The molecule has 0 spiro atoms. The topological polar surface area (TPSA) is 150 Å². The van der Waals surface area contributed by atoms with E-state index in [9.17, 15) is 33.0 Å². The van der Waals surface area contributed by atoms with E-state index in [0.717, 1.165) is 18.2 Å². The number of nitrogens with zero attached hydrogens (tertiary/aromatic N) is 1. The molecular weight excluding hydrogens is 411 g/mol. The largest absolute Gasteiger partial charge is 1.00 e. The van der Waals surface area contributed by atoms with E-state index in [-0.39, 0.29) is 51.9 Å². The van der Waals surface area contributed by atoms with Crippen LogP contribution in [0.2, 0.25) is 0 Å². The first-order valence-electron chi connectivity index (χ1n) is 7.85. The molecule has 0 aliphatic heterocycles. The average molecular weight is 424 g/mol. The summed E-state index contributed by atoms with van der Waals surface area (Å²) in [6, 6.07) is 10.3. The van der Waals surface area contributed by atoms with Crippen LogP contribution in [0.3, 0.4) is 0 Å². The van der Waals surface area contributed by atoms with Gasteiger partial charge in [-0.15, -0.1) is 0 Å². The van der Waals surface area contributed by atoms with Crippen LogP contribution in [-0.4, -0.2) is 28.9 Å². The maximum atomic E-state index is 12.4. The normalized spacial score (nSPS) is 11.0. The number of hydrogen-bond acceptors (Lipinski definition) is 7. The van der Waals surface area contributed by atoms with E-state index in [0.29, 0.717) is 10.9 Å². The van der Waals surface area contributed by atoms with E-state index in [1.807, 2.05) is 0 Å². The molecule has 0 atom stereocenters. The van der Waals surface area contributed by atoms with E-state index in [1.54, 1.807) is 6.92 Å². The van der Waals surface area contributed by atoms with Crippen molar-refractivity contribution in [2.24, 2.45) is 0 Å². The van der Waals surface area contributed by atoms with Crippen molar-refractivity contribution in [1.82, 2.24) is 0 Å². The molecular formula is C18H13N2NaO7S. The number of nitro groups is 1. The first kappa shape index (κ1) is 22.8. The number of nitro benzene ring substituents is 1. The number of carbonyl (C=O) groups excluding carboxylic acids is 1. The molecule has 29 heavy (non-hydrogen) atoms. The smallest absolute Gasteiger partial charge is 0.744 e. The summed E-state index contributed by atoms with van der Waals surface area (Å²) in [5, 5.41) is 24.1. The molecule has 3 aromatic carbocycles. The number of fused-ring (bicyclic) bond motifs is 1. The van der Waals surface area contributed by atoms with Crippen LogP contribution in [-0.2, 0) is 10.1 Å². The van der Waals surface area contributed by atoms with Crippen LogP contribution < -0.4 is 34.9 Å². The molecule has 144 valence electrons. The summed E-state index contributed by atoms with van der Waals surface area (Å²) in [5.41, 5.74) is 0.583. The van der Waals surface area contributed by atoms with Crippen LogP contribution in [0, 0.1) is 17.0 Å². The molecule has 11 heteroatoms. The number of phenols is 1. The second kappa shape index (κ2) is 8.47. The van der Waals surface area contributed by atoms with Gasteiger partial charge in [-0.25, -0.2) is 8.42 Å². The quantitative estimate of drug-likeness (QED) is 0.257. The molecule has 0 fully saturated rings. The Morgan fingerprint density at radius 1 is 1.10 bits per heavy atom. The second-order valence-corrected chi connectivity index (χ2v) is 7.42. The third-order valence-electron chi connectivity index (χ3n) is 4.12. The van der Waals surface area contributed by atoms with Crippen molar-refractivity contribution in [1.29, 1.82) is 0 Å². The summed E-state index contributed by atoms with van der Waals surface area (Å²) < 4.78 is 33.4. The second-order valence-electron chi connectivity index (χ2n) is 6.04. The van der Waals surface area contributed by atoms with Crippen molar-refractivity contribution in [3.05, 3.63) is 69.8 Å². The Labute approximate surface area is 187 Å². The zero-order valence-electron chi connectivity index (χ0n) is 15.4. The molecule has 0 aliphatic carbocycles. The van der Waals surface area contributed by atoms with Gasteiger partial charge in [0.25, 0.3) is 11.6 Å². The van der Waals surface area contributed by atoms with Gasteiger partial charge in [-0.05, 0) is 42.6 Å². The third-order valence-corrected chi connectivity index (χ3v) is 4.93. The van der Waals surface area contributed by atoms with Gasteiger partial charge in [0.1, 0.15) is 15.9 Å². The molecule has 0 radical (unpaired) electrons. The fourth-order valence-electron chi connectivity index (χ4n) is 2.68. The Kier molecular flexibility index (Phi) is 6.66. The van der Waals surface area contributed by atoms with Crippen molar-refractivity contribution < 1.29 is 57.4 Å². The summed E-state index contributed by atoms with van der Waals surface area (Å²) in [6.07, 6.45) is 0. The molecule has 0 aromatic heterocycles. The number of aromatic hydroxyl groups is 1. The fraction of sp³-hybridized carbons (Fsp3) is 0.0556. The number of nitrogens with one attached hydrogen (secondary N) is 1. The van der Waals surface area contributed by atoms with E-state index in [2.05, 4.69) is 5.32 Å². The number of aryl methyl sites for hydroxylation is 1. The Hall–Kier alpha value is -2.50. The number of phenolic OH excluding ortho intramolecular Hbond substituents is 1. The molecule has 0 heterocycles. The Morgan fingerprint density at radius 2 is 1.79 bits per heavy atom. The number of hydrogen-bond donors (Lipinski definition) is 2. The summed E-state index contributed by atoms with van der Waals surface area (Å²) in [4.78, 5) is 22.3. The molecule has 0 unspecified atom stereocenters. The SMILES string of the molecule is Cc1ccc(C(=O)Nc2ccc3cc(S(=O)(=O)[O-])cc(O)c3c2)cc1[N+](=O)[O-].[Na+]. The van der Waals surface area contributed by atoms with Gasteiger partial charge in [-0.1, -0.05) is 12.1 Å². The van der Waals surface area contributed by atoms with E-state index < -0.39 is 31.6 Å². The van der Waals surface area contributed by atoms with Gasteiger partial charge < -0.3 is 15.0 Å². The first-order chi connectivity index (χ1) is 13.1. The van der Waals surface area contributed by atoms with Gasteiger partial charge in [0.05, 0.1) is 9.82 Å². The van der Waals surface area contributed by atoms with Crippen LogP contribution in [0.15, 0.2) is 53.4 Å². The van der Waals surface area contributed by atoms with Crippen LogP contribution in [0.4, 0.5) is 11.4 Å². The molecule has 9 nitrogen and oxygen atoms in total. The predicted molar refractivity (Wildman–Crippen MR) is 99.4 cm³/mol. The standard InChI is InChI=1S/C18H14N2O7S.Na/c1-10-2-3-12(7-16(10)20(23)24)18(22)19-13-5-4-11-6-14(28(25,26)27)9-17(21)15(11)8-13;/h2-9,21H,1H3,(H,19,22)(H,25,26,27);/q;+1/p-1. The minimum absolute atomic E-state index is 0. The summed E-state index contributed by atoms with van der Waals surface area (Å²) in [7, 11) is -4.73. The monoisotopic (exact) mass is 424 g/mol. The third kappa shape index (κ3) is 4.92. The maximum absolute atomic E-state index is 12.4. The fourth-order valence-corrected chi connectivity index (χ4v) is 3.21. The summed E-state index contributed by atoms with van der Waals surface area (Å²) >= 11 is 0. The van der Waals surface area contributed by atoms with Crippen LogP contribution in [0.5, 0.6) is 5.75 Å². The number of rotatable bonds is 4. The van der Waals surface area contributed by atoms with E-state index in [1.165, 1.54) is 30.3 Å². The Morgan fingerprint density at radius 3 is 2.41 bits per heavy atom. The minimum atomic E-state index is -4.73. The van der Waals surface area contributed by atoms with Gasteiger partial charge in [-0.2, -0.15) is 0 Å². The molecule has 0 saturated heterocycles. The molecule has 2 N–H and O–H groups in total. The number of amides is 1. The van der Waals surface area contributed by atoms with E-state index >= 15 is 0 Å². The summed E-state index contributed by atoms with van der Waals surface area (Å²) in [5.74, 6) is -1.03. The molecule has 0 aliphatic rings. The number of benzene rings is 3. The number of carbonyl (C=O) groups is 1. The van der Waals surface area contributed by atoms with Gasteiger partial charge >= 0.3 is 29.6 Å². The minimum Gasteiger partial charge on any atom is -0.744 e. The van der Waals surface area contributed by atoms with Gasteiger partial charge in [-0.3, -0.25) is 14.9 Å². The summed E-state index contributed by atoms with van der Waals surface area (Å²) in [6.45, 7) is 1.56. The van der Waals surface area contributed by atoms with Crippen molar-refractivity contribution in [3.63, 3.8) is 0 Å². The van der Waals surface area contributed by atoms with Crippen LogP contribution in [0.25, 0.3) is 10.8 Å². The zero-order chi connectivity index (χ0) is 20.6. The van der Waals surface area contributed by atoms with Crippen LogP contribution in [0.1, 0.15) is 15.9 Å². The van der Waals surface area contributed by atoms with Crippen LogP contribution >= 0.6 is 0 Å². The van der Waals surface area contributed by atoms with Crippen molar-refractivity contribution in [2.45, 2.75) is 11.8 Å². The molecule has 0 saturated carbocycles. The first-order valence-corrected chi connectivity index (χ1v) is 9.26. The Bertz CT molecular complexity index is 1240. The average Bonchev–Trinajstić information content (AvgIpc) is 2.61. The van der Waals surface area contributed by atoms with Gasteiger partial charge in [0, 0.05) is 28.3 Å². The van der Waals surface area contributed by atoms with Crippen molar-refractivity contribution in [2.75, 3.05) is 5.32 Å². The maximum Gasteiger partial charge on any atom is 1.00 e. The van der Waals surface area contributed by atoms with E-state index in [4.69, 9.17) is 0 Å². The molecule has 3 rings (SSSR count). The van der Waals surface area contributed by atoms with Crippen molar-refractivity contribution in [3.8, 4) is 5.75 Å². The zero-order valence-corrected chi connectivity index (χ0v) is 18.2.